The van der Waals surface area contributed by atoms with Crippen molar-refractivity contribution < 1.29 is 36.1 Å². The van der Waals surface area contributed by atoms with E-state index in [2.05, 4.69) is 21.1 Å². The lowest BCUT2D eigenvalue weighted by Gasteiger charge is -2.16. The van der Waals surface area contributed by atoms with Crippen molar-refractivity contribution in [1.29, 1.82) is 0 Å². The van der Waals surface area contributed by atoms with E-state index >= 15 is 0 Å². The molecule has 30 heavy (non-hydrogen) atoms. The number of urea groups is 1. The number of nitrogens with two attached hydrogens (primary N) is 1. The molecule has 0 saturated carbocycles. The van der Waals surface area contributed by atoms with Crippen molar-refractivity contribution in [3.63, 3.8) is 0 Å². The minimum atomic E-state index is -4.55. The zero-order chi connectivity index (χ0) is 22.2. The standard InChI is InChI=1S/C18H9BrF5N3O3/c19-13-14(8-4-6-9(7-5-8)18(22,23)24)30-26-15(13)27(17(25)29)16(28)12-10(20)2-1-3-11(12)21/h1-7H,(H2,25,29). The fourth-order valence-corrected chi connectivity index (χ4v) is 3.07. The summed E-state index contributed by atoms with van der Waals surface area (Å²) in [6.07, 6.45) is -4.55. The van der Waals surface area contributed by atoms with Crippen LogP contribution in [0.1, 0.15) is 15.9 Å². The number of amides is 3. The normalized spacial score (nSPS) is 11.4. The lowest BCUT2D eigenvalue weighted by Crippen LogP contribution is -2.42. The first-order valence-electron chi connectivity index (χ1n) is 7.93. The molecule has 0 unspecified atom stereocenters. The second kappa shape index (κ2) is 7.86. The number of imide groups is 1. The minimum Gasteiger partial charge on any atom is -0.353 e. The highest BCUT2D eigenvalue weighted by Crippen LogP contribution is 2.38. The smallest absolute Gasteiger partial charge is 0.353 e. The van der Waals surface area contributed by atoms with Crippen molar-refractivity contribution in [1.82, 2.24) is 5.16 Å². The van der Waals surface area contributed by atoms with Crippen LogP contribution in [0.25, 0.3) is 11.3 Å². The molecule has 12 heteroatoms. The Balaban J connectivity index is 2.04. The quantitative estimate of drug-likeness (QED) is 0.516. The molecule has 3 amide bonds. The summed E-state index contributed by atoms with van der Waals surface area (Å²) in [7, 11) is 0. The van der Waals surface area contributed by atoms with Gasteiger partial charge in [0.1, 0.15) is 21.7 Å². The average Bonchev–Trinajstić information content (AvgIpc) is 3.02. The Morgan fingerprint density at radius 2 is 1.60 bits per heavy atom. The third kappa shape index (κ3) is 3.90. The molecule has 1 aromatic heterocycles. The van der Waals surface area contributed by atoms with Gasteiger partial charge in [0.25, 0.3) is 5.91 Å². The van der Waals surface area contributed by atoms with Crippen molar-refractivity contribution >= 4 is 33.7 Å². The number of anilines is 1. The van der Waals surface area contributed by atoms with Crippen molar-refractivity contribution in [2.45, 2.75) is 6.18 Å². The van der Waals surface area contributed by atoms with Crippen LogP contribution in [0.15, 0.2) is 51.5 Å². The molecule has 156 valence electrons. The van der Waals surface area contributed by atoms with E-state index in [1.165, 1.54) is 0 Å². The fourth-order valence-electron chi connectivity index (χ4n) is 2.51. The number of carbonyl (C=O) groups excluding carboxylic acids is 2. The highest BCUT2D eigenvalue weighted by atomic mass is 79.9. The molecule has 0 saturated heterocycles. The summed E-state index contributed by atoms with van der Waals surface area (Å²) >= 11 is 3.03. The highest BCUT2D eigenvalue weighted by molar-refractivity contribution is 9.10. The number of hydrogen-bond acceptors (Lipinski definition) is 4. The van der Waals surface area contributed by atoms with Crippen LogP contribution >= 0.6 is 15.9 Å². The van der Waals surface area contributed by atoms with E-state index in [9.17, 15) is 31.5 Å². The number of hydrogen-bond donors (Lipinski definition) is 1. The molecule has 0 radical (unpaired) electrons. The second-order valence-electron chi connectivity index (χ2n) is 5.80. The van der Waals surface area contributed by atoms with Crippen molar-refractivity contribution in [3.8, 4) is 11.3 Å². The van der Waals surface area contributed by atoms with Crippen LogP contribution in [0, 0.1) is 11.6 Å². The van der Waals surface area contributed by atoms with E-state index in [-0.39, 0.29) is 20.7 Å². The third-order valence-corrected chi connectivity index (χ3v) is 4.62. The van der Waals surface area contributed by atoms with Gasteiger partial charge in [0.05, 0.1) is 5.56 Å². The summed E-state index contributed by atoms with van der Waals surface area (Å²) in [6.45, 7) is 0. The van der Waals surface area contributed by atoms with Gasteiger partial charge in [0.2, 0.25) is 5.82 Å². The summed E-state index contributed by atoms with van der Waals surface area (Å²) in [5.74, 6) is -4.62. The lowest BCUT2D eigenvalue weighted by atomic mass is 10.1. The van der Waals surface area contributed by atoms with Gasteiger partial charge in [-0.25, -0.2) is 18.5 Å². The summed E-state index contributed by atoms with van der Waals surface area (Å²) < 4.78 is 70.9. The van der Waals surface area contributed by atoms with Gasteiger partial charge < -0.3 is 10.3 Å². The maximum Gasteiger partial charge on any atom is 0.416 e. The van der Waals surface area contributed by atoms with Gasteiger partial charge in [0, 0.05) is 5.56 Å². The molecular formula is C18H9BrF5N3O3. The van der Waals surface area contributed by atoms with Crippen LogP contribution in [-0.2, 0) is 6.18 Å². The molecular weight excluding hydrogens is 481 g/mol. The van der Waals surface area contributed by atoms with Gasteiger partial charge in [0.15, 0.2) is 5.76 Å². The number of nitrogens with zero attached hydrogens (tertiary/aromatic N) is 2. The van der Waals surface area contributed by atoms with Gasteiger partial charge in [-0.1, -0.05) is 23.4 Å². The summed E-state index contributed by atoms with van der Waals surface area (Å²) in [6, 6.07) is 4.93. The predicted molar refractivity (Wildman–Crippen MR) is 97.4 cm³/mol. The van der Waals surface area contributed by atoms with Gasteiger partial charge in [-0.15, -0.1) is 0 Å². The van der Waals surface area contributed by atoms with Crippen LogP contribution in [0.3, 0.4) is 0 Å². The van der Waals surface area contributed by atoms with Crippen molar-refractivity contribution in [2.75, 3.05) is 4.90 Å². The largest absolute Gasteiger partial charge is 0.416 e. The number of benzene rings is 2. The molecule has 0 atom stereocenters. The van der Waals surface area contributed by atoms with E-state index in [0.29, 0.717) is 0 Å². The first-order valence-corrected chi connectivity index (χ1v) is 8.72. The molecule has 3 rings (SSSR count). The number of primary amides is 1. The Labute approximate surface area is 173 Å². The molecule has 0 aliphatic rings. The molecule has 6 nitrogen and oxygen atoms in total. The Bertz CT molecular complexity index is 1110. The number of halogens is 6. The van der Waals surface area contributed by atoms with Gasteiger partial charge >= 0.3 is 12.2 Å². The maximum absolute atomic E-state index is 14.0. The van der Waals surface area contributed by atoms with E-state index < -0.39 is 46.7 Å². The van der Waals surface area contributed by atoms with Gasteiger partial charge in [-0.05, 0) is 40.2 Å². The Kier molecular flexibility index (Phi) is 5.61. The SMILES string of the molecule is NC(=O)N(C(=O)c1c(F)cccc1F)c1noc(-c2ccc(C(F)(F)F)cc2)c1Br. The van der Waals surface area contributed by atoms with Gasteiger partial charge in [-0.2, -0.15) is 13.2 Å². The number of alkyl halides is 3. The van der Waals surface area contributed by atoms with Crippen LogP contribution in [0.2, 0.25) is 0 Å². The molecule has 0 fully saturated rings. The van der Waals surface area contributed by atoms with Gasteiger partial charge in [-0.3, -0.25) is 4.79 Å². The molecule has 3 aromatic rings. The topological polar surface area (TPSA) is 89.4 Å². The van der Waals surface area contributed by atoms with E-state index in [0.717, 1.165) is 42.5 Å². The molecule has 0 aliphatic heterocycles. The Hall–Kier alpha value is -3.28. The number of aromatic nitrogens is 1. The lowest BCUT2D eigenvalue weighted by molar-refractivity contribution is -0.137. The van der Waals surface area contributed by atoms with Crippen LogP contribution in [0.4, 0.5) is 32.6 Å². The maximum atomic E-state index is 14.0. The van der Waals surface area contributed by atoms with E-state index in [1.54, 1.807) is 0 Å². The fraction of sp³-hybridized carbons (Fsp3) is 0.0556. The Morgan fingerprint density at radius 1 is 1.03 bits per heavy atom. The first-order chi connectivity index (χ1) is 14.0. The first kappa shape index (κ1) is 21.4. The Morgan fingerprint density at radius 3 is 2.10 bits per heavy atom. The molecule has 0 bridgehead atoms. The molecule has 0 aliphatic carbocycles. The predicted octanol–water partition coefficient (Wildman–Crippen LogP) is 5.13. The van der Waals surface area contributed by atoms with Crippen LogP contribution in [-0.4, -0.2) is 17.1 Å². The third-order valence-electron chi connectivity index (χ3n) is 3.91. The second-order valence-corrected chi connectivity index (χ2v) is 6.59. The number of carbonyl (C=O) groups is 2. The monoisotopic (exact) mass is 489 g/mol. The summed E-state index contributed by atoms with van der Waals surface area (Å²) in [5.41, 5.74) is 3.33. The molecule has 1 heterocycles. The van der Waals surface area contributed by atoms with E-state index in [4.69, 9.17) is 10.3 Å². The summed E-state index contributed by atoms with van der Waals surface area (Å²) in [4.78, 5) is 24.6. The molecule has 2 aromatic carbocycles. The molecule has 0 spiro atoms. The van der Waals surface area contributed by atoms with Crippen molar-refractivity contribution in [3.05, 3.63) is 69.7 Å². The van der Waals surface area contributed by atoms with Crippen LogP contribution < -0.4 is 10.6 Å². The van der Waals surface area contributed by atoms with E-state index in [1.807, 2.05) is 0 Å². The summed E-state index contributed by atoms with van der Waals surface area (Å²) in [5, 5.41) is 3.51. The zero-order valence-corrected chi connectivity index (χ0v) is 16.1. The zero-order valence-electron chi connectivity index (χ0n) is 14.5. The minimum absolute atomic E-state index is 0.113. The van der Waals surface area contributed by atoms with Crippen LogP contribution in [0.5, 0.6) is 0 Å². The molecule has 2 N–H and O–H groups in total. The van der Waals surface area contributed by atoms with Crippen molar-refractivity contribution in [2.24, 2.45) is 5.73 Å². The highest BCUT2D eigenvalue weighted by Gasteiger charge is 2.34. The number of rotatable bonds is 3. The average molecular weight is 490 g/mol.